The molecule has 0 amide bonds. The molecule has 0 radical (unpaired) electrons. The van der Waals surface area contributed by atoms with Crippen molar-refractivity contribution in [2.75, 3.05) is 0 Å². The van der Waals surface area contributed by atoms with Crippen LogP contribution in [-0.4, -0.2) is 14.5 Å². The maximum atomic E-state index is 5.55. The molecule has 0 aliphatic carbocycles. The highest BCUT2D eigenvalue weighted by Crippen LogP contribution is 2.18. The van der Waals surface area contributed by atoms with E-state index < -0.39 is 0 Å². The zero-order chi connectivity index (χ0) is 9.26. The number of imidazole rings is 1. The average molecular weight is 198 g/mol. The number of aryl methyl sites for hydroxylation is 1. The van der Waals surface area contributed by atoms with Crippen molar-refractivity contribution in [2.24, 2.45) is 7.05 Å². The zero-order valence-electron chi connectivity index (χ0n) is 7.07. The topological polar surface area (TPSA) is 43.9 Å². The lowest BCUT2D eigenvalue weighted by molar-refractivity contribution is 0.527. The number of halogens is 1. The van der Waals surface area contributed by atoms with Crippen LogP contribution >= 0.6 is 11.6 Å². The molecule has 0 saturated carbocycles. The fourth-order valence-corrected chi connectivity index (χ4v) is 1.15. The van der Waals surface area contributed by atoms with E-state index in [2.05, 4.69) is 9.97 Å². The summed E-state index contributed by atoms with van der Waals surface area (Å²) in [6.45, 7) is 0. The molecule has 2 rings (SSSR count). The summed E-state index contributed by atoms with van der Waals surface area (Å²) in [5.74, 6) is 1.45. The number of aromatic nitrogens is 3. The van der Waals surface area contributed by atoms with Crippen molar-refractivity contribution in [3.63, 3.8) is 0 Å². The Morgan fingerprint density at radius 1 is 1.54 bits per heavy atom. The molecule has 0 unspecified atom stereocenters. The smallest absolute Gasteiger partial charge is 0.209 e. The normalized spacial score (nSPS) is 10.6. The van der Waals surface area contributed by atoms with Gasteiger partial charge in [0.25, 0.3) is 0 Å². The summed E-state index contributed by atoms with van der Waals surface area (Å²) >= 11 is 5.55. The molecule has 5 heteroatoms. The van der Waals surface area contributed by atoms with E-state index in [1.165, 1.54) is 0 Å². The van der Waals surface area contributed by atoms with Gasteiger partial charge in [0, 0.05) is 13.2 Å². The number of oxazole rings is 1. The Morgan fingerprint density at radius 2 is 2.38 bits per heavy atom. The van der Waals surface area contributed by atoms with Gasteiger partial charge in [-0.25, -0.2) is 9.97 Å². The predicted molar refractivity (Wildman–Crippen MR) is 48.3 cm³/mol. The van der Waals surface area contributed by atoms with Gasteiger partial charge in [-0.1, -0.05) is 0 Å². The van der Waals surface area contributed by atoms with Crippen LogP contribution in [-0.2, 0) is 12.9 Å². The maximum Gasteiger partial charge on any atom is 0.209 e. The van der Waals surface area contributed by atoms with Gasteiger partial charge >= 0.3 is 0 Å². The van der Waals surface area contributed by atoms with Crippen molar-refractivity contribution in [1.29, 1.82) is 0 Å². The molecule has 0 aliphatic heterocycles. The lowest BCUT2D eigenvalue weighted by Crippen LogP contribution is -1.77. The first-order chi connectivity index (χ1) is 6.29. The van der Waals surface area contributed by atoms with Crippen molar-refractivity contribution >= 4 is 11.6 Å². The lowest BCUT2D eigenvalue weighted by Gasteiger charge is -1.86. The quantitative estimate of drug-likeness (QED) is 0.690. The molecule has 0 fully saturated rings. The van der Waals surface area contributed by atoms with E-state index in [-0.39, 0.29) is 5.88 Å². The third kappa shape index (κ3) is 1.58. The Labute approximate surface area is 80.2 Å². The highest BCUT2D eigenvalue weighted by Gasteiger charge is 2.07. The molecule has 0 spiro atoms. The standard InChI is InChI=1S/C8H8ClN3O/c1-12-4-6(11-5-12)7-3-10-8(2-9)13-7/h3-5H,2H2,1H3. The largest absolute Gasteiger partial charge is 0.438 e. The number of rotatable bonds is 2. The Hall–Kier alpha value is -1.29. The van der Waals surface area contributed by atoms with E-state index in [4.69, 9.17) is 16.0 Å². The van der Waals surface area contributed by atoms with Crippen LogP contribution in [0.3, 0.4) is 0 Å². The van der Waals surface area contributed by atoms with E-state index in [9.17, 15) is 0 Å². The second-order valence-corrected chi connectivity index (χ2v) is 2.94. The first-order valence-corrected chi connectivity index (χ1v) is 4.32. The molecule has 2 aromatic heterocycles. The molecule has 0 bridgehead atoms. The Morgan fingerprint density at radius 3 is 2.92 bits per heavy atom. The fraction of sp³-hybridized carbons (Fsp3) is 0.250. The first-order valence-electron chi connectivity index (χ1n) is 3.78. The molecule has 2 aromatic rings. The number of alkyl halides is 1. The van der Waals surface area contributed by atoms with Crippen molar-refractivity contribution in [3.05, 3.63) is 24.6 Å². The molecular weight excluding hydrogens is 190 g/mol. The minimum Gasteiger partial charge on any atom is -0.438 e. The van der Waals surface area contributed by atoms with Gasteiger partial charge in [-0.2, -0.15) is 0 Å². The summed E-state index contributed by atoms with van der Waals surface area (Å²) in [7, 11) is 1.90. The van der Waals surface area contributed by atoms with Gasteiger partial charge in [-0.15, -0.1) is 11.6 Å². The summed E-state index contributed by atoms with van der Waals surface area (Å²) in [5, 5.41) is 0. The minimum atomic E-state index is 0.285. The predicted octanol–water partition coefficient (Wildman–Crippen LogP) is 1.81. The number of nitrogens with zero attached hydrogens (tertiary/aromatic N) is 3. The van der Waals surface area contributed by atoms with Crippen LogP contribution < -0.4 is 0 Å². The van der Waals surface area contributed by atoms with Crippen molar-refractivity contribution < 1.29 is 4.42 Å². The van der Waals surface area contributed by atoms with Gasteiger partial charge in [0.15, 0.2) is 5.76 Å². The molecule has 13 heavy (non-hydrogen) atoms. The lowest BCUT2D eigenvalue weighted by atomic mass is 10.4. The van der Waals surface area contributed by atoms with E-state index in [0.717, 1.165) is 5.69 Å². The molecule has 0 aromatic carbocycles. The third-order valence-corrected chi connectivity index (χ3v) is 1.85. The van der Waals surface area contributed by atoms with Gasteiger partial charge in [0.2, 0.25) is 5.89 Å². The van der Waals surface area contributed by atoms with Crippen LogP contribution in [0.15, 0.2) is 23.1 Å². The van der Waals surface area contributed by atoms with Crippen LogP contribution in [0, 0.1) is 0 Å². The Balaban J connectivity index is 2.35. The monoisotopic (exact) mass is 197 g/mol. The number of hydrogen-bond acceptors (Lipinski definition) is 3. The highest BCUT2D eigenvalue weighted by atomic mass is 35.5. The SMILES string of the molecule is Cn1cnc(-c2cnc(CCl)o2)c1. The van der Waals surface area contributed by atoms with Gasteiger partial charge < -0.3 is 8.98 Å². The summed E-state index contributed by atoms with van der Waals surface area (Å²) < 4.78 is 7.16. The molecule has 0 atom stereocenters. The van der Waals surface area contributed by atoms with E-state index >= 15 is 0 Å². The summed E-state index contributed by atoms with van der Waals surface area (Å²) in [5.41, 5.74) is 0.770. The third-order valence-electron chi connectivity index (χ3n) is 1.63. The molecule has 0 aliphatic rings. The van der Waals surface area contributed by atoms with Crippen LogP contribution in [0.5, 0.6) is 0 Å². The minimum absolute atomic E-state index is 0.285. The molecule has 0 saturated heterocycles. The van der Waals surface area contributed by atoms with Gasteiger partial charge in [-0.05, 0) is 0 Å². The first kappa shape index (κ1) is 8.31. The molecular formula is C8H8ClN3O. The second kappa shape index (κ2) is 3.22. The fourth-order valence-electron chi connectivity index (χ4n) is 1.03. The summed E-state index contributed by atoms with van der Waals surface area (Å²) in [6, 6.07) is 0. The van der Waals surface area contributed by atoms with Crippen molar-refractivity contribution in [3.8, 4) is 11.5 Å². The highest BCUT2D eigenvalue weighted by molar-refractivity contribution is 6.16. The Bertz CT molecular complexity index is 407. The number of hydrogen-bond donors (Lipinski definition) is 0. The summed E-state index contributed by atoms with van der Waals surface area (Å²) in [4.78, 5) is 8.09. The van der Waals surface area contributed by atoms with Crippen LogP contribution in [0.4, 0.5) is 0 Å². The molecule has 0 N–H and O–H groups in total. The van der Waals surface area contributed by atoms with Crippen LogP contribution in [0.1, 0.15) is 5.89 Å². The van der Waals surface area contributed by atoms with Crippen molar-refractivity contribution in [2.45, 2.75) is 5.88 Å². The second-order valence-electron chi connectivity index (χ2n) is 2.68. The van der Waals surface area contributed by atoms with Crippen molar-refractivity contribution in [1.82, 2.24) is 14.5 Å². The van der Waals surface area contributed by atoms with E-state index in [1.54, 1.807) is 12.5 Å². The Kier molecular flexibility index (Phi) is 2.06. The summed E-state index contributed by atoms with van der Waals surface area (Å²) in [6.07, 6.45) is 5.19. The van der Waals surface area contributed by atoms with Gasteiger partial charge in [0.05, 0.1) is 18.4 Å². The van der Waals surface area contributed by atoms with E-state index in [1.807, 2.05) is 17.8 Å². The average Bonchev–Trinajstić information content (AvgIpc) is 2.71. The van der Waals surface area contributed by atoms with Gasteiger partial charge in [0.1, 0.15) is 5.69 Å². The molecule has 68 valence electrons. The molecule has 4 nitrogen and oxygen atoms in total. The maximum absolute atomic E-state index is 5.55. The zero-order valence-corrected chi connectivity index (χ0v) is 7.82. The van der Waals surface area contributed by atoms with E-state index in [0.29, 0.717) is 11.7 Å². The van der Waals surface area contributed by atoms with Gasteiger partial charge in [-0.3, -0.25) is 0 Å². The van der Waals surface area contributed by atoms with Crippen LogP contribution in [0.2, 0.25) is 0 Å². The molecule has 2 heterocycles. The van der Waals surface area contributed by atoms with Crippen LogP contribution in [0.25, 0.3) is 11.5 Å².